The van der Waals surface area contributed by atoms with Gasteiger partial charge >= 0.3 is 0 Å². The highest BCUT2D eigenvalue weighted by molar-refractivity contribution is 5.88. The summed E-state index contributed by atoms with van der Waals surface area (Å²) in [5, 5.41) is 0. The van der Waals surface area contributed by atoms with Crippen LogP contribution >= 0.6 is 0 Å². The summed E-state index contributed by atoms with van der Waals surface area (Å²) < 4.78 is 4.96. The molecule has 0 aromatic carbocycles. The Balaban J connectivity index is 3.34. The van der Waals surface area contributed by atoms with Crippen LogP contribution in [-0.2, 0) is 9.53 Å². The van der Waals surface area contributed by atoms with Crippen molar-refractivity contribution in [2.45, 2.75) is 25.9 Å². The molecule has 0 saturated carbocycles. The minimum absolute atomic E-state index is 0.0869. The minimum atomic E-state index is 0.0869. The summed E-state index contributed by atoms with van der Waals surface area (Å²) >= 11 is 0. The SMILES string of the molecule is C=CC(=O)CCC(C)OC. The maximum absolute atomic E-state index is 10.7. The predicted molar refractivity (Wildman–Crippen MR) is 40.9 cm³/mol. The molecule has 0 aromatic rings. The number of allylic oxidation sites excluding steroid dienone is 1. The summed E-state index contributed by atoms with van der Waals surface area (Å²) in [6, 6.07) is 0. The fraction of sp³-hybridized carbons (Fsp3) is 0.625. The van der Waals surface area contributed by atoms with E-state index in [1.165, 1.54) is 6.08 Å². The Hall–Kier alpha value is -0.630. The third-order valence-electron chi connectivity index (χ3n) is 1.43. The maximum Gasteiger partial charge on any atom is 0.155 e. The summed E-state index contributed by atoms with van der Waals surface area (Å²) in [5.74, 6) is 0.0869. The lowest BCUT2D eigenvalue weighted by Gasteiger charge is -2.05. The number of ketones is 1. The van der Waals surface area contributed by atoms with E-state index in [1.54, 1.807) is 7.11 Å². The molecule has 2 heteroatoms. The van der Waals surface area contributed by atoms with Crippen molar-refractivity contribution in [2.24, 2.45) is 0 Å². The highest BCUT2D eigenvalue weighted by atomic mass is 16.5. The van der Waals surface area contributed by atoms with Crippen LogP contribution in [0.25, 0.3) is 0 Å². The zero-order chi connectivity index (χ0) is 7.98. The second-order valence-corrected chi connectivity index (χ2v) is 2.26. The van der Waals surface area contributed by atoms with Crippen molar-refractivity contribution < 1.29 is 9.53 Å². The summed E-state index contributed by atoms with van der Waals surface area (Å²) in [7, 11) is 1.64. The monoisotopic (exact) mass is 142 g/mol. The van der Waals surface area contributed by atoms with Gasteiger partial charge in [-0.2, -0.15) is 0 Å². The molecule has 0 rings (SSSR count). The lowest BCUT2D eigenvalue weighted by Crippen LogP contribution is -2.06. The van der Waals surface area contributed by atoms with Crippen molar-refractivity contribution in [3.8, 4) is 0 Å². The summed E-state index contributed by atoms with van der Waals surface area (Å²) in [5.41, 5.74) is 0. The first-order valence-corrected chi connectivity index (χ1v) is 3.38. The summed E-state index contributed by atoms with van der Waals surface area (Å²) in [6.07, 6.45) is 2.84. The van der Waals surface area contributed by atoms with Crippen molar-refractivity contribution in [3.05, 3.63) is 12.7 Å². The molecule has 0 N–H and O–H groups in total. The Morgan fingerprint density at radius 3 is 2.80 bits per heavy atom. The summed E-state index contributed by atoms with van der Waals surface area (Å²) in [4.78, 5) is 10.7. The van der Waals surface area contributed by atoms with Gasteiger partial charge in [-0.1, -0.05) is 6.58 Å². The zero-order valence-corrected chi connectivity index (χ0v) is 6.59. The highest BCUT2D eigenvalue weighted by Crippen LogP contribution is 2.00. The van der Waals surface area contributed by atoms with Crippen LogP contribution in [0.15, 0.2) is 12.7 Å². The van der Waals surface area contributed by atoms with Gasteiger partial charge in [-0.25, -0.2) is 0 Å². The lowest BCUT2D eigenvalue weighted by molar-refractivity contribution is -0.115. The molecule has 1 unspecified atom stereocenters. The smallest absolute Gasteiger partial charge is 0.155 e. The highest BCUT2D eigenvalue weighted by Gasteiger charge is 2.01. The minimum Gasteiger partial charge on any atom is -0.382 e. The number of carbonyl (C=O) groups excluding carboxylic acids is 1. The van der Waals surface area contributed by atoms with Gasteiger partial charge in [0.1, 0.15) is 0 Å². The molecule has 0 aliphatic heterocycles. The molecule has 0 bridgehead atoms. The molecule has 0 aliphatic carbocycles. The topological polar surface area (TPSA) is 26.3 Å². The Kier molecular flexibility index (Phi) is 4.85. The molecule has 0 aliphatic rings. The first-order valence-electron chi connectivity index (χ1n) is 3.38. The Morgan fingerprint density at radius 1 is 1.80 bits per heavy atom. The van der Waals surface area contributed by atoms with Gasteiger partial charge in [-0.3, -0.25) is 4.79 Å². The first-order chi connectivity index (χ1) is 4.70. The number of methoxy groups -OCH3 is 1. The molecular formula is C8H14O2. The average molecular weight is 142 g/mol. The van der Waals surface area contributed by atoms with Crippen molar-refractivity contribution in [1.29, 1.82) is 0 Å². The molecule has 10 heavy (non-hydrogen) atoms. The van der Waals surface area contributed by atoms with Gasteiger partial charge in [0.05, 0.1) is 6.10 Å². The fourth-order valence-electron chi connectivity index (χ4n) is 0.565. The van der Waals surface area contributed by atoms with Gasteiger partial charge in [-0.15, -0.1) is 0 Å². The number of hydrogen-bond donors (Lipinski definition) is 0. The van der Waals surface area contributed by atoms with E-state index in [2.05, 4.69) is 6.58 Å². The lowest BCUT2D eigenvalue weighted by atomic mass is 10.1. The first kappa shape index (κ1) is 9.37. The molecule has 1 atom stereocenters. The predicted octanol–water partition coefficient (Wildman–Crippen LogP) is 1.56. The zero-order valence-electron chi connectivity index (χ0n) is 6.59. The van der Waals surface area contributed by atoms with Crippen LogP contribution in [0.5, 0.6) is 0 Å². The van der Waals surface area contributed by atoms with Crippen molar-refractivity contribution in [1.82, 2.24) is 0 Å². The number of hydrogen-bond acceptors (Lipinski definition) is 2. The quantitative estimate of drug-likeness (QED) is 0.544. The molecule has 0 radical (unpaired) electrons. The molecule has 0 aromatic heterocycles. The van der Waals surface area contributed by atoms with Gasteiger partial charge in [0.15, 0.2) is 5.78 Å². The van der Waals surface area contributed by atoms with Crippen LogP contribution in [0.4, 0.5) is 0 Å². The second-order valence-electron chi connectivity index (χ2n) is 2.26. The fourth-order valence-corrected chi connectivity index (χ4v) is 0.565. The van der Waals surface area contributed by atoms with E-state index in [-0.39, 0.29) is 11.9 Å². The van der Waals surface area contributed by atoms with Gasteiger partial charge in [-0.05, 0) is 19.4 Å². The molecule has 0 heterocycles. The van der Waals surface area contributed by atoms with E-state index < -0.39 is 0 Å². The Morgan fingerprint density at radius 2 is 2.40 bits per heavy atom. The normalized spacial score (nSPS) is 12.6. The van der Waals surface area contributed by atoms with Crippen molar-refractivity contribution in [3.63, 3.8) is 0 Å². The van der Waals surface area contributed by atoms with Gasteiger partial charge in [0.25, 0.3) is 0 Å². The van der Waals surface area contributed by atoms with Crippen LogP contribution < -0.4 is 0 Å². The molecule has 0 saturated heterocycles. The second kappa shape index (κ2) is 5.18. The standard InChI is InChI=1S/C8H14O2/c1-4-8(9)6-5-7(2)10-3/h4,7H,1,5-6H2,2-3H3. The van der Waals surface area contributed by atoms with Crippen LogP contribution in [0.2, 0.25) is 0 Å². The van der Waals surface area contributed by atoms with Crippen LogP contribution in [-0.4, -0.2) is 19.0 Å². The van der Waals surface area contributed by atoms with Gasteiger partial charge in [0.2, 0.25) is 0 Å². The van der Waals surface area contributed by atoms with E-state index in [0.717, 1.165) is 6.42 Å². The molecule has 0 amide bonds. The molecule has 2 nitrogen and oxygen atoms in total. The molecule has 0 fully saturated rings. The van der Waals surface area contributed by atoms with E-state index in [1.807, 2.05) is 6.92 Å². The van der Waals surface area contributed by atoms with Crippen molar-refractivity contribution >= 4 is 5.78 Å². The largest absolute Gasteiger partial charge is 0.382 e. The van der Waals surface area contributed by atoms with E-state index >= 15 is 0 Å². The summed E-state index contributed by atoms with van der Waals surface area (Å²) in [6.45, 7) is 5.31. The van der Waals surface area contributed by atoms with Crippen LogP contribution in [0.3, 0.4) is 0 Å². The number of ether oxygens (including phenoxy) is 1. The van der Waals surface area contributed by atoms with Crippen LogP contribution in [0.1, 0.15) is 19.8 Å². The van der Waals surface area contributed by atoms with E-state index in [0.29, 0.717) is 6.42 Å². The maximum atomic E-state index is 10.7. The van der Waals surface area contributed by atoms with Crippen molar-refractivity contribution in [2.75, 3.05) is 7.11 Å². The third-order valence-corrected chi connectivity index (χ3v) is 1.43. The number of rotatable bonds is 5. The Bertz CT molecular complexity index is 118. The van der Waals surface area contributed by atoms with Gasteiger partial charge in [0, 0.05) is 13.5 Å². The molecular weight excluding hydrogens is 128 g/mol. The number of carbonyl (C=O) groups is 1. The van der Waals surface area contributed by atoms with E-state index in [4.69, 9.17) is 4.74 Å². The Labute approximate surface area is 61.9 Å². The third kappa shape index (κ3) is 4.27. The van der Waals surface area contributed by atoms with Gasteiger partial charge < -0.3 is 4.74 Å². The average Bonchev–Trinajstić information content (AvgIpc) is 1.99. The van der Waals surface area contributed by atoms with Crippen LogP contribution in [0, 0.1) is 0 Å². The molecule has 0 spiro atoms. The molecule has 58 valence electrons. The van der Waals surface area contributed by atoms with E-state index in [9.17, 15) is 4.79 Å².